The number of fused-ring (bicyclic) bond motifs is 1. The van der Waals surface area contributed by atoms with E-state index >= 15 is 0 Å². The SMILES string of the molecule is Br.CC1=C(Br)C=CC2=NC(O)(C(F)(F)F)CN21. The normalized spacial score (nSPS) is 27.9. The molecule has 0 spiro atoms. The predicted molar refractivity (Wildman–Crippen MR) is 66.2 cm³/mol. The number of hydrogen-bond donors (Lipinski definition) is 1. The lowest BCUT2D eigenvalue weighted by Gasteiger charge is -2.27. The molecule has 0 saturated carbocycles. The third-order valence-electron chi connectivity index (χ3n) is 2.54. The average Bonchev–Trinajstić information content (AvgIpc) is 2.50. The third kappa shape index (κ3) is 2.30. The Labute approximate surface area is 115 Å². The van der Waals surface area contributed by atoms with Gasteiger partial charge in [-0.1, -0.05) is 0 Å². The number of allylic oxidation sites excluding steroid dienone is 3. The van der Waals surface area contributed by atoms with Gasteiger partial charge in [-0.2, -0.15) is 13.2 Å². The van der Waals surface area contributed by atoms with Gasteiger partial charge in [-0.3, -0.25) is 0 Å². The van der Waals surface area contributed by atoms with Crippen molar-refractivity contribution in [3.05, 3.63) is 22.3 Å². The van der Waals surface area contributed by atoms with Crippen LogP contribution in [0.3, 0.4) is 0 Å². The fourth-order valence-corrected chi connectivity index (χ4v) is 1.90. The Hall–Kier alpha value is -0.340. The van der Waals surface area contributed by atoms with Crippen LogP contribution < -0.4 is 0 Å². The zero-order valence-electron chi connectivity index (χ0n) is 8.62. The van der Waals surface area contributed by atoms with E-state index in [1.54, 1.807) is 13.0 Å². The van der Waals surface area contributed by atoms with Crippen molar-refractivity contribution in [2.24, 2.45) is 4.99 Å². The van der Waals surface area contributed by atoms with Crippen molar-refractivity contribution < 1.29 is 18.3 Å². The van der Waals surface area contributed by atoms with E-state index in [-0.39, 0.29) is 22.8 Å². The lowest BCUT2D eigenvalue weighted by molar-refractivity contribution is -0.253. The summed E-state index contributed by atoms with van der Waals surface area (Å²) in [7, 11) is 0. The molecule has 2 aliphatic heterocycles. The smallest absolute Gasteiger partial charge is 0.361 e. The van der Waals surface area contributed by atoms with Gasteiger partial charge in [-0.25, -0.2) is 4.99 Å². The monoisotopic (exact) mass is 376 g/mol. The lowest BCUT2D eigenvalue weighted by Crippen LogP contribution is -2.47. The number of hydrogen-bond acceptors (Lipinski definition) is 3. The maximum atomic E-state index is 12.6. The summed E-state index contributed by atoms with van der Waals surface area (Å²) >= 11 is 3.21. The van der Waals surface area contributed by atoms with Crippen LogP contribution in [-0.2, 0) is 0 Å². The zero-order valence-corrected chi connectivity index (χ0v) is 11.9. The predicted octanol–water partition coefficient (Wildman–Crippen LogP) is 2.73. The molecule has 0 aromatic carbocycles. The van der Waals surface area contributed by atoms with E-state index in [1.165, 1.54) is 11.0 Å². The summed E-state index contributed by atoms with van der Waals surface area (Å²) < 4.78 is 38.4. The van der Waals surface area contributed by atoms with Gasteiger partial charge in [0.25, 0.3) is 5.72 Å². The first-order valence-electron chi connectivity index (χ1n) is 4.45. The Kier molecular flexibility index (Phi) is 3.81. The molecule has 1 atom stereocenters. The number of aliphatic imine (C=N–C) groups is 1. The second-order valence-electron chi connectivity index (χ2n) is 3.64. The Balaban J connectivity index is 0.00000144. The van der Waals surface area contributed by atoms with E-state index < -0.39 is 18.4 Å². The Morgan fingerprint density at radius 1 is 1.47 bits per heavy atom. The fourth-order valence-electron chi connectivity index (χ4n) is 1.55. The number of halogens is 5. The summed E-state index contributed by atoms with van der Waals surface area (Å²) in [6.07, 6.45) is -1.73. The van der Waals surface area contributed by atoms with Crippen LogP contribution in [0.15, 0.2) is 27.3 Å². The van der Waals surface area contributed by atoms with Gasteiger partial charge >= 0.3 is 6.18 Å². The Morgan fingerprint density at radius 3 is 2.59 bits per heavy atom. The van der Waals surface area contributed by atoms with Gasteiger partial charge in [-0.15, -0.1) is 17.0 Å². The van der Waals surface area contributed by atoms with Crippen LogP contribution in [0, 0.1) is 0 Å². The van der Waals surface area contributed by atoms with E-state index in [0.717, 1.165) is 0 Å². The number of aliphatic hydroxyl groups is 1. The lowest BCUT2D eigenvalue weighted by atomic mass is 10.2. The summed E-state index contributed by atoms with van der Waals surface area (Å²) in [5.41, 5.74) is -2.41. The van der Waals surface area contributed by atoms with Gasteiger partial charge in [0.15, 0.2) is 0 Å². The van der Waals surface area contributed by atoms with Crippen molar-refractivity contribution in [1.82, 2.24) is 4.90 Å². The van der Waals surface area contributed by atoms with E-state index in [4.69, 9.17) is 0 Å². The standard InChI is InChI=1S/C9H8BrF3N2O.BrH/c1-5-6(10)2-3-7-14-8(16,4-15(5)7)9(11,12)13;/h2-3,16H,4H2,1H3;1H. The van der Waals surface area contributed by atoms with E-state index in [0.29, 0.717) is 10.2 Å². The molecule has 0 bridgehead atoms. The Bertz CT molecular complexity index is 430. The first-order chi connectivity index (χ1) is 7.24. The summed E-state index contributed by atoms with van der Waals surface area (Å²) in [4.78, 5) is 4.66. The molecule has 96 valence electrons. The molecule has 0 aliphatic carbocycles. The summed E-state index contributed by atoms with van der Waals surface area (Å²) in [6.45, 7) is 1.06. The minimum atomic E-state index is -4.77. The van der Waals surface area contributed by atoms with Crippen LogP contribution in [0.4, 0.5) is 13.2 Å². The molecule has 3 nitrogen and oxygen atoms in total. The van der Waals surface area contributed by atoms with E-state index in [9.17, 15) is 18.3 Å². The molecule has 17 heavy (non-hydrogen) atoms. The number of nitrogens with zero attached hydrogens (tertiary/aromatic N) is 2. The van der Waals surface area contributed by atoms with Crippen LogP contribution in [0.1, 0.15) is 6.92 Å². The molecule has 0 amide bonds. The van der Waals surface area contributed by atoms with Gasteiger partial charge in [-0.05, 0) is 35.0 Å². The van der Waals surface area contributed by atoms with Gasteiger partial charge in [0, 0.05) is 10.2 Å². The van der Waals surface area contributed by atoms with E-state index in [2.05, 4.69) is 20.9 Å². The quantitative estimate of drug-likeness (QED) is 0.704. The average molecular weight is 378 g/mol. The molecule has 1 unspecified atom stereocenters. The van der Waals surface area contributed by atoms with Crippen LogP contribution in [0.25, 0.3) is 0 Å². The molecular weight excluding hydrogens is 369 g/mol. The highest BCUT2D eigenvalue weighted by Gasteiger charge is 2.58. The molecule has 2 rings (SSSR count). The molecule has 2 heterocycles. The van der Waals surface area contributed by atoms with Crippen LogP contribution >= 0.6 is 32.9 Å². The van der Waals surface area contributed by atoms with Crippen molar-refractivity contribution in [1.29, 1.82) is 0 Å². The molecule has 2 aliphatic rings. The second kappa shape index (κ2) is 4.40. The second-order valence-corrected chi connectivity index (χ2v) is 4.49. The Morgan fingerprint density at radius 2 is 2.06 bits per heavy atom. The largest absolute Gasteiger partial charge is 0.440 e. The first-order valence-corrected chi connectivity index (χ1v) is 5.25. The van der Waals surface area contributed by atoms with E-state index in [1.807, 2.05) is 0 Å². The van der Waals surface area contributed by atoms with Gasteiger partial charge in [0.2, 0.25) is 0 Å². The summed E-state index contributed by atoms with van der Waals surface area (Å²) in [6, 6.07) is 0. The topological polar surface area (TPSA) is 35.8 Å². The molecule has 0 fully saturated rings. The molecule has 8 heteroatoms. The molecule has 0 aromatic rings. The molecule has 1 N–H and O–H groups in total. The highest BCUT2D eigenvalue weighted by molar-refractivity contribution is 9.11. The molecular formula is C9H9Br2F3N2O. The van der Waals surface area contributed by atoms with Crippen molar-refractivity contribution in [2.75, 3.05) is 6.54 Å². The van der Waals surface area contributed by atoms with Gasteiger partial charge in [0.05, 0.1) is 6.54 Å². The van der Waals surface area contributed by atoms with Gasteiger partial charge in [0.1, 0.15) is 5.84 Å². The number of alkyl halides is 3. The van der Waals surface area contributed by atoms with Crippen molar-refractivity contribution in [3.8, 4) is 0 Å². The summed E-state index contributed by atoms with van der Waals surface area (Å²) in [5.74, 6) is 0.125. The van der Waals surface area contributed by atoms with Crippen molar-refractivity contribution in [3.63, 3.8) is 0 Å². The number of amidine groups is 1. The first kappa shape index (κ1) is 14.7. The van der Waals surface area contributed by atoms with Crippen LogP contribution in [0.2, 0.25) is 0 Å². The highest BCUT2D eigenvalue weighted by Crippen LogP contribution is 2.39. The number of rotatable bonds is 0. The third-order valence-corrected chi connectivity index (χ3v) is 3.38. The highest BCUT2D eigenvalue weighted by atomic mass is 79.9. The van der Waals surface area contributed by atoms with Crippen LogP contribution in [0.5, 0.6) is 0 Å². The minimum absolute atomic E-state index is 0. The molecule has 0 radical (unpaired) electrons. The maximum Gasteiger partial charge on any atom is 0.440 e. The van der Waals surface area contributed by atoms with Gasteiger partial charge < -0.3 is 10.0 Å². The maximum absolute atomic E-state index is 12.6. The minimum Gasteiger partial charge on any atom is -0.361 e. The zero-order chi connectivity index (χ0) is 12.1. The van der Waals surface area contributed by atoms with Crippen molar-refractivity contribution >= 4 is 38.7 Å². The van der Waals surface area contributed by atoms with Crippen LogP contribution in [-0.4, -0.2) is 34.3 Å². The summed E-state index contributed by atoms with van der Waals surface area (Å²) in [5, 5.41) is 9.44. The fraction of sp³-hybridized carbons (Fsp3) is 0.444. The molecule has 0 aromatic heterocycles. The molecule has 0 saturated heterocycles. The van der Waals surface area contributed by atoms with Crippen molar-refractivity contribution in [2.45, 2.75) is 18.8 Å².